The minimum atomic E-state index is -0.837. The van der Waals surface area contributed by atoms with Crippen molar-refractivity contribution >= 4 is 24.0 Å². The summed E-state index contributed by atoms with van der Waals surface area (Å²) in [7, 11) is 0. The van der Waals surface area contributed by atoms with Gasteiger partial charge in [0, 0.05) is 6.61 Å². The van der Waals surface area contributed by atoms with Crippen LogP contribution in [0, 0.1) is 0 Å². The Morgan fingerprint density at radius 3 is 1.38 bits per heavy atom. The third-order valence-electron chi connectivity index (χ3n) is 9.31. The van der Waals surface area contributed by atoms with Crippen molar-refractivity contribution in [1.82, 2.24) is 10.2 Å². The molecule has 0 amide bonds. The van der Waals surface area contributed by atoms with E-state index in [2.05, 4.69) is 89.9 Å². The third-order valence-corrected chi connectivity index (χ3v) is 10.8. The lowest BCUT2D eigenvalue weighted by atomic mass is 9.80. The molecule has 0 bridgehead atoms. The standard InChI is InChI=1S/C42H58N2O2S2/c1-2-3-4-5-6-7-8-9-10-11-12-13-14-15-16-26-33-45-34-41(47,40-44-43-36-48-40)35-46-42(37-27-20-17-21-28-37,38-29-22-18-23-30-38)39-31-24-19-25-32-39/h17-25,27-32,36,47H,2-16,26,33-35H2,1H3. The first-order chi connectivity index (χ1) is 23.7. The Bertz CT molecular complexity index is 1240. The normalized spacial score (nSPS) is 13.0. The summed E-state index contributed by atoms with van der Waals surface area (Å²) in [6, 6.07) is 31.4. The van der Waals surface area contributed by atoms with Gasteiger partial charge >= 0.3 is 0 Å². The Labute approximate surface area is 300 Å². The van der Waals surface area contributed by atoms with Crippen molar-refractivity contribution in [1.29, 1.82) is 0 Å². The molecule has 0 saturated heterocycles. The lowest BCUT2D eigenvalue weighted by molar-refractivity contribution is -0.0190. The summed E-state index contributed by atoms with van der Waals surface area (Å²) >= 11 is 6.72. The van der Waals surface area contributed by atoms with Gasteiger partial charge in [0.15, 0.2) is 0 Å². The number of nitrogens with zero attached hydrogens (tertiary/aromatic N) is 2. The topological polar surface area (TPSA) is 44.2 Å². The molecule has 1 unspecified atom stereocenters. The van der Waals surface area contributed by atoms with Crippen LogP contribution in [0.1, 0.15) is 131 Å². The van der Waals surface area contributed by atoms with E-state index in [0.29, 0.717) is 19.8 Å². The molecule has 0 fully saturated rings. The molecule has 1 atom stereocenters. The van der Waals surface area contributed by atoms with Gasteiger partial charge in [-0.25, -0.2) is 0 Å². The fraction of sp³-hybridized carbons (Fsp3) is 0.524. The van der Waals surface area contributed by atoms with Gasteiger partial charge in [-0.15, -0.1) is 21.5 Å². The van der Waals surface area contributed by atoms with Gasteiger partial charge < -0.3 is 9.47 Å². The van der Waals surface area contributed by atoms with E-state index in [1.165, 1.54) is 108 Å². The molecule has 0 aliphatic rings. The molecule has 0 radical (unpaired) electrons. The van der Waals surface area contributed by atoms with Crippen LogP contribution >= 0.6 is 24.0 Å². The zero-order valence-corrected chi connectivity index (χ0v) is 30.9. The number of hydrogen-bond donors (Lipinski definition) is 1. The zero-order chi connectivity index (χ0) is 33.6. The van der Waals surface area contributed by atoms with E-state index in [1.807, 2.05) is 18.2 Å². The minimum Gasteiger partial charge on any atom is -0.379 e. The molecule has 3 aromatic carbocycles. The lowest BCUT2D eigenvalue weighted by Crippen LogP contribution is -2.40. The van der Waals surface area contributed by atoms with Crippen molar-refractivity contribution in [2.45, 2.75) is 120 Å². The number of benzene rings is 3. The van der Waals surface area contributed by atoms with Crippen LogP contribution in [0.5, 0.6) is 0 Å². The van der Waals surface area contributed by atoms with E-state index in [-0.39, 0.29) is 0 Å². The molecule has 0 N–H and O–H groups in total. The fourth-order valence-corrected chi connectivity index (χ4v) is 7.51. The van der Waals surface area contributed by atoms with E-state index in [9.17, 15) is 0 Å². The zero-order valence-electron chi connectivity index (χ0n) is 29.2. The lowest BCUT2D eigenvalue weighted by Gasteiger charge is -2.38. The van der Waals surface area contributed by atoms with Crippen LogP contribution in [0.3, 0.4) is 0 Å². The van der Waals surface area contributed by atoms with Crippen LogP contribution in [0.2, 0.25) is 0 Å². The Hall–Kier alpha value is -2.51. The quantitative estimate of drug-likeness (QED) is 0.0406. The van der Waals surface area contributed by atoms with Crippen molar-refractivity contribution < 1.29 is 9.47 Å². The summed E-state index contributed by atoms with van der Waals surface area (Å²) in [5.74, 6) is 0. The van der Waals surface area contributed by atoms with Gasteiger partial charge in [-0.1, -0.05) is 194 Å². The maximum absolute atomic E-state index is 7.15. The SMILES string of the molecule is CCCCCCCCCCCCCCCCCCOCC(S)(COC(c1ccccc1)(c1ccccc1)c1ccccc1)c1nncs1. The van der Waals surface area contributed by atoms with Gasteiger partial charge in [-0.2, -0.15) is 12.6 Å². The first kappa shape index (κ1) is 38.3. The largest absolute Gasteiger partial charge is 0.379 e. The molecule has 0 saturated carbocycles. The highest BCUT2D eigenvalue weighted by Gasteiger charge is 2.42. The van der Waals surface area contributed by atoms with Gasteiger partial charge in [0.2, 0.25) is 0 Å². The first-order valence-corrected chi connectivity index (χ1v) is 19.9. The molecule has 4 rings (SSSR count). The summed E-state index contributed by atoms with van der Waals surface area (Å²) in [6.07, 6.45) is 21.8. The molecule has 0 spiro atoms. The van der Waals surface area contributed by atoms with E-state index in [0.717, 1.165) is 28.1 Å². The number of aromatic nitrogens is 2. The maximum atomic E-state index is 7.15. The molecule has 1 heterocycles. The van der Waals surface area contributed by atoms with Crippen molar-refractivity contribution in [2.24, 2.45) is 0 Å². The highest BCUT2D eigenvalue weighted by atomic mass is 32.1. The fourth-order valence-electron chi connectivity index (χ4n) is 6.53. The van der Waals surface area contributed by atoms with Crippen LogP contribution in [0.4, 0.5) is 0 Å². The predicted octanol–water partition coefficient (Wildman–Crippen LogP) is 11.9. The molecule has 6 heteroatoms. The average Bonchev–Trinajstić information content (AvgIpc) is 3.69. The number of hydrogen-bond acceptors (Lipinski definition) is 6. The van der Waals surface area contributed by atoms with Crippen LogP contribution < -0.4 is 0 Å². The molecule has 0 aliphatic heterocycles. The molecule has 48 heavy (non-hydrogen) atoms. The third kappa shape index (κ3) is 12.1. The van der Waals surface area contributed by atoms with Gasteiger partial charge in [-0.3, -0.25) is 0 Å². The van der Waals surface area contributed by atoms with E-state index in [1.54, 1.807) is 5.51 Å². The molecule has 4 aromatic rings. The van der Waals surface area contributed by atoms with Gasteiger partial charge in [0.25, 0.3) is 0 Å². The predicted molar refractivity (Wildman–Crippen MR) is 206 cm³/mol. The van der Waals surface area contributed by atoms with Crippen molar-refractivity contribution in [3.63, 3.8) is 0 Å². The molecular formula is C42H58N2O2S2. The highest BCUT2D eigenvalue weighted by molar-refractivity contribution is 7.81. The second-order valence-electron chi connectivity index (χ2n) is 13.2. The summed E-state index contributed by atoms with van der Waals surface area (Å²) < 4.78 is 12.7. The summed E-state index contributed by atoms with van der Waals surface area (Å²) in [4.78, 5) is 0. The van der Waals surface area contributed by atoms with Crippen molar-refractivity contribution in [3.05, 3.63) is 118 Å². The number of rotatable bonds is 26. The first-order valence-electron chi connectivity index (χ1n) is 18.6. The minimum absolute atomic E-state index is 0.295. The Kier molecular flexibility index (Phi) is 17.8. The molecule has 260 valence electrons. The average molecular weight is 687 g/mol. The van der Waals surface area contributed by atoms with Crippen LogP contribution in [0.15, 0.2) is 96.5 Å². The van der Waals surface area contributed by atoms with Gasteiger partial charge in [0.1, 0.15) is 20.9 Å². The number of thiol groups is 1. The Morgan fingerprint density at radius 2 is 0.979 bits per heavy atom. The summed E-state index contributed by atoms with van der Waals surface area (Å²) in [5.41, 5.74) is 4.10. The molecule has 4 nitrogen and oxygen atoms in total. The van der Waals surface area contributed by atoms with Crippen molar-refractivity contribution in [2.75, 3.05) is 19.8 Å². The van der Waals surface area contributed by atoms with Crippen molar-refractivity contribution in [3.8, 4) is 0 Å². The highest BCUT2D eigenvalue weighted by Crippen LogP contribution is 2.43. The number of unbranched alkanes of at least 4 members (excludes halogenated alkanes) is 15. The van der Waals surface area contributed by atoms with E-state index < -0.39 is 10.3 Å². The van der Waals surface area contributed by atoms with Gasteiger partial charge in [0.05, 0.1) is 13.2 Å². The van der Waals surface area contributed by atoms with E-state index in [4.69, 9.17) is 22.1 Å². The molecule has 1 aromatic heterocycles. The smallest absolute Gasteiger partial charge is 0.143 e. The van der Waals surface area contributed by atoms with Crippen LogP contribution in [-0.2, 0) is 19.8 Å². The van der Waals surface area contributed by atoms with E-state index >= 15 is 0 Å². The molecule has 0 aliphatic carbocycles. The monoisotopic (exact) mass is 686 g/mol. The summed E-state index contributed by atoms with van der Waals surface area (Å²) in [6.45, 7) is 3.70. The Morgan fingerprint density at radius 1 is 0.562 bits per heavy atom. The maximum Gasteiger partial charge on any atom is 0.143 e. The van der Waals surface area contributed by atoms with Crippen LogP contribution in [-0.4, -0.2) is 30.0 Å². The Balaban J connectivity index is 1.24. The number of ether oxygens (including phenoxy) is 2. The summed E-state index contributed by atoms with van der Waals surface area (Å²) in [5, 5.41) is 9.39. The van der Waals surface area contributed by atoms with Gasteiger partial charge in [-0.05, 0) is 23.1 Å². The second kappa shape index (κ2) is 22.3. The molecular weight excluding hydrogens is 629 g/mol. The van der Waals surface area contributed by atoms with Crippen LogP contribution in [0.25, 0.3) is 0 Å². The second-order valence-corrected chi connectivity index (χ2v) is 14.9.